The van der Waals surface area contributed by atoms with Crippen molar-refractivity contribution in [2.75, 3.05) is 6.61 Å². The minimum atomic E-state index is 0.0843. The summed E-state index contributed by atoms with van der Waals surface area (Å²) in [5.74, 6) is 2.04. The van der Waals surface area contributed by atoms with Gasteiger partial charge in [0.25, 0.3) is 0 Å². The van der Waals surface area contributed by atoms with Gasteiger partial charge in [0.1, 0.15) is 11.5 Å². The Morgan fingerprint density at radius 3 is 2.79 bits per heavy atom. The lowest BCUT2D eigenvalue weighted by atomic mass is 10.1. The van der Waals surface area contributed by atoms with E-state index >= 15 is 0 Å². The molecule has 0 radical (unpaired) electrons. The summed E-state index contributed by atoms with van der Waals surface area (Å²) >= 11 is 0. The van der Waals surface area contributed by atoms with Crippen LogP contribution in [-0.2, 0) is 6.54 Å². The number of nitrogens with one attached hydrogen (secondary N) is 2. The summed E-state index contributed by atoms with van der Waals surface area (Å²) in [6.45, 7) is 6.86. The molecule has 0 saturated carbocycles. The monoisotopic (exact) mass is 263 g/mol. The van der Waals surface area contributed by atoms with E-state index in [1.165, 1.54) is 0 Å². The first-order valence-corrected chi connectivity index (χ1v) is 6.55. The average molecular weight is 263 g/mol. The summed E-state index contributed by atoms with van der Waals surface area (Å²) in [6, 6.07) is 3.94. The first-order chi connectivity index (χ1) is 9.11. The van der Waals surface area contributed by atoms with Crippen LogP contribution in [0.5, 0.6) is 0 Å². The lowest BCUT2D eigenvalue weighted by molar-refractivity contribution is 0.210. The molecule has 0 aromatic carbocycles. The normalized spacial score (nSPS) is 13.1. The molecule has 2 rings (SSSR count). The van der Waals surface area contributed by atoms with Crippen molar-refractivity contribution < 1.29 is 9.52 Å². The van der Waals surface area contributed by atoms with Gasteiger partial charge >= 0.3 is 0 Å². The van der Waals surface area contributed by atoms with Crippen LogP contribution in [0.3, 0.4) is 0 Å². The van der Waals surface area contributed by atoms with Gasteiger partial charge in [-0.15, -0.1) is 0 Å². The Hall–Kier alpha value is -1.59. The van der Waals surface area contributed by atoms with Crippen LogP contribution in [0.1, 0.15) is 25.2 Å². The van der Waals surface area contributed by atoms with Gasteiger partial charge in [0, 0.05) is 18.2 Å². The molecule has 1 unspecified atom stereocenters. The third-order valence-electron chi connectivity index (χ3n) is 3.26. The van der Waals surface area contributed by atoms with Gasteiger partial charge in [0.05, 0.1) is 12.8 Å². The van der Waals surface area contributed by atoms with Crippen LogP contribution in [0.15, 0.2) is 22.7 Å². The van der Waals surface area contributed by atoms with Gasteiger partial charge in [-0.05, 0) is 25.0 Å². The zero-order valence-corrected chi connectivity index (χ0v) is 11.6. The Balaban J connectivity index is 2.08. The molecule has 0 aliphatic carbocycles. The summed E-state index contributed by atoms with van der Waals surface area (Å²) in [4.78, 5) is 0. The zero-order valence-electron chi connectivity index (χ0n) is 11.6. The molecule has 5 heteroatoms. The second-order valence-electron chi connectivity index (χ2n) is 5.09. The van der Waals surface area contributed by atoms with Crippen LogP contribution in [0.2, 0.25) is 0 Å². The molecule has 1 atom stereocenters. The van der Waals surface area contributed by atoms with Crippen molar-refractivity contribution >= 4 is 0 Å². The number of aromatic nitrogens is 2. The van der Waals surface area contributed by atoms with E-state index in [-0.39, 0.29) is 12.6 Å². The van der Waals surface area contributed by atoms with Gasteiger partial charge in [-0.3, -0.25) is 5.10 Å². The predicted molar refractivity (Wildman–Crippen MR) is 73.6 cm³/mol. The Kier molecular flexibility index (Phi) is 4.39. The number of aliphatic hydroxyl groups is 1. The standard InChI is InChI=1S/C14H21N3O2/c1-9(2)12(8-18)15-6-11-7-16-17-14(11)13-5-4-10(3)19-13/h4-5,7,9,12,15,18H,6,8H2,1-3H3,(H,16,17). The van der Waals surface area contributed by atoms with Crippen molar-refractivity contribution in [3.05, 3.63) is 29.7 Å². The van der Waals surface area contributed by atoms with Gasteiger partial charge in [-0.1, -0.05) is 13.8 Å². The lowest BCUT2D eigenvalue weighted by Crippen LogP contribution is -2.36. The number of hydrogen-bond acceptors (Lipinski definition) is 4. The molecule has 19 heavy (non-hydrogen) atoms. The number of nitrogens with zero attached hydrogens (tertiary/aromatic N) is 1. The van der Waals surface area contributed by atoms with E-state index in [9.17, 15) is 5.11 Å². The molecule has 0 saturated heterocycles. The van der Waals surface area contributed by atoms with Crippen LogP contribution in [0.4, 0.5) is 0 Å². The summed E-state index contributed by atoms with van der Waals surface area (Å²) in [6.07, 6.45) is 1.79. The topological polar surface area (TPSA) is 74.1 Å². The fourth-order valence-corrected chi connectivity index (χ4v) is 1.98. The molecule has 2 heterocycles. The van der Waals surface area contributed by atoms with Gasteiger partial charge < -0.3 is 14.8 Å². The average Bonchev–Trinajstić information content (AvgIpc) is 2.98. The van der Waals surface area contributed by atoms with Crippen LogP contribution in [0, 0.1) is 12.8 Å². The number of H-pyrrole nitrogens is 1. The summed E-state index contributed by atoms with van der Waals surface area (Å²) in [5.41, 5.74) is 1.93. The van der Waals surface area contributed by atoms with E-state index in [1.54, 1.807) is 6.20 Å². The largest absolute Gasteiger partial charge is 0.460 e. The second kappa shape index (κ2) is 6.04. The minimum Gasteiger partial charge on any atom is -0.460 e. The fourth-order valence-electron chi connectivity index (χ4n) is 1.98. The van der Waals surface area contributed by atoms with E-state index in [0.717, 1.165) is 22.8 Å². The molecular weight excluding hydrogens is 242 g/mol. The van der Waals surface area contributed by atoms with Crippen molar-refractivity contribution in [2.45, 2.75) is 33.4 Å². The van der Waals surface area contributed by atoms with E-state index in [0.29, 0.717) is 12.5 Å². The molecule has 0 aliphatic rings. The SMILES string of the molecule is Cc1ccc(-c2[nH]ncc2CNC(CO)C(C)C)o1. The number of aromatic amines is 1. The molecule has 104 valence electrons. The number of hydrogen-bond donors (Lipinski definition) is 3. The van der Waals surface area contributed by atoms with E-state index < -0.39 is 0 Å². The molecule has 0 spiro atoms. The molecule has 0 bridgehead atoms. The third kappa shape index (κ3) is 3.24. The highest BCUT2D eigenvalue weighted by molar-refractivity contribution is 5.56. The first-order valence-electron chi connectivity index (χ1n) is 6.55. The smallest absolute Gasteiger partial charge is 0.152 e. The highest BCUT2D eigenvalue weighted by Crippen LogP contribution is 2.23. The van der Waals surface area contributed by atoms with Crippen LogP contribution in [-0.4, -0.2) is 28.0 Å². The molecule has 2 aromatic rings. The molecule has 0 aliphatic heterocycles. The molecule has 2 aromatic heterocycles. The van der Waals surface area contributed by atoms with Crippen LogP contribution >= 0.6 is 0 Å². The van der Waals surface area contributed by atoms with Crippen molar-refractivity contribution in [3.63, 3.8) is 0 Å². The molecule has 3 N–H and O–H groups in total. The maximum absolute atomic E-state index is 9.31. The van der Waals surface area contributed by atoms with Crippen molar-refractivity contribution in [2.24, 2.45) is 5.92 Å². The number of furan rings is 1. The highest BCUT2D eigenvalue weighted by Gasteiger charge is 2.15. The van der Waals surface area contributed by atoms with E-state index in [1.807, 2.05) is 19.1 Å². The first kappa shape index (κ1) is 13.8. The Morgan fingerprint density at radius 1 is 1.42 bits per heavy atom. The molecule has 0 amide bonds. The zero-order chi connectivity index (χ0) is 13.8. The van der Waals surface area contributed by atoms with Gasteiger partial charge in [0.2, 0.25) is 0 Å². The summed E-state index contributed by atoms with van der Waals surface area (Å²) < 4.78 is 5.60. The van der Waals surface area contributed by atoms with Crippen molar-refractivity contribution in [1.82, 2.24) is 15.5 Å². The van der Waals surface area contributed by atoms with Gasteiger partial charge in [0.15, 0.2) is 5.76 Å². The fraction of sp³-hybridized carbons (Fsp3) is 0.500. The Bertz CT molecular complexity index is 516. The Labute approximate surface area is 113 Å². The molecule has 5 nitrogen and oxygen atoms in total. The quantitative estimate of drug-likeness (QED) is 0.746. The number of rotatable bonds is 6. The lowest BCUT2D eigenvalue weighted by Gasteiger charge is -2.19. The van der Waals surface area contributed by atoms with Crippen LogP contribution in [0.25, 0.3) is 11.5 Å². The van der Waals surface area contributed by atoms with Gasteiger partial charge in [-0.2, -0.15) is 5.10 Å². The summed E-state index contributed by atoms with van der Waals surface area (Å²) in [7, 11) is 0. The number of aryl methyl sites for hydroxylation is 1. The van der Waals surface area contributed by atoms with E-state index in [4.69, 9.17) is 4.42 Å². The molecule has 0 fully saturated rings. The molecular formula is C14H21N3O2. The number of aliphatic hydroxyl groups excluding tert-OH is 1. The predicted octanol–water partition coefficient (Wildman–Crippen LogP) is 2.08. The minimum absolute atomic E-state index is 0.0843. The maximum Gasteiger partial charge on any atom is 0.152 e. The van der Waals surface area contributed by atoms with E-state index in [2.05, 4.69) is 29.4 Å². The van der Waals surface area contributed by atoms with Crippen LogP contribution < -0.4 is 5.32 Å². The highest BCUT2D eigenvalue weighted by atomic mass is 16.3. The second-order valence-corrected chi connectivity index (χ2v) is 5.09. The van der Waals surface area contributed by atoms with Gasteiger partial charge in [-0.25, -0.2) is 0 Å². The maximum atomic E-state index is 9.31. The summed E-state index contributed by atoms with van der Waals surface area (Å²) in [5, 5.41) is 19.7. The van der Waals surface area contributed by atoms with Crippen molar-refractivity contribution in [3.8, 4) is 11.5 Å². The third-order valence-corrected chi connectivity index (χ3v) is 3.26. The Morgan fingerprint density at radius 2 is 2.21 bits per heavy atom. The van der Waals surface area contributed by atoms with Crippen molar-refractivity contribution in [1.29, 1.82) is 0 Å².